The minimum atomic E-state index is -0.627. The van der Waals surface area contributed by atoms with Gasteiger partial charge >= 0.3 is 0 Å². The van der Waals surface area contributed by atoms with Crippen LogP contribution in [0.15, 0.2) is 84.3 Å². The zero-order chi connectivity index (χ0) is 23.0. The van der Waals surface area contributed by atoms with Gasteiger partial charge in [-0.1, -0.05) is 60.7 Å². The largest absolute Gasteiger partial charge is 0.349 e. The maximum absolute atomic E-state index is 12.9. The third kappa shape index (κ3) is 6.18. The van der Waals surface area contributed by atoms with Crippen LogP contribution < -0.4 is 16.0 Å². The van der Waals surface area contributed by atoms with Crippen molar-refractivity contribution in [3.63, 3.8) is 0 Å². The fraction of sp³-hybridized carbons (Fsp3) is 0.259. The van der Waals surface area contributed by atoms with Crippen molar-refractivity contribution in [1.29, 1.82) is 0 Å². The van der Waals surface area contributed by atoms with Crippen molar-refractivity contribution in [3.8, 4) is 0 Å². The Balaban J connectivity index is 1.42. The molecule has 2 aromatic carbocycles. The third-order valence-corrected chi connectivity index (χ3v) is 6.78. The number of anilines is 1. The van der Waals surface area contributed by atoms with E-state index in [4.69, 9.17) is 5.73 Å². The highest BCUT2D eigenvalue weighted by atomic mass is 32.1. The quantitative estimate of drug-likeness (QED) is 0.477. The van der Waals surface area contributed by atoms with E-state index in [0.717, 1.165) is 23.4 Å². The van der Waals surface area contributed by atoms with Crippen LogP contribution in [-0.4, -0.2) is 30.4 Å². The maximum atomic E-state index is 12.9. The zero-order valence-electron chi connectivity index (χ0n) is 18.5. The van der Waals surface area contributed by atoms with Crippen LogP contribution in [0.4, 0.5) is 5.69 Å². The first-order chi connectivity index (χ1) is 16.1. The number of benzene rings is 2. The molecule has 3 aromatic rings. The molecule has 0 aliphatic carbocycles. The molecule has 4 rings (SSSR count). The molecule has 1 aliphatic heterocycles. The highest BCUT2D eigenvalue weighted by molar-refractivity contribution is 7.09. The summed E-state index contributed by atoms with van der Waals surface area (Å²) >= 11 is 1.59. The summed E-state index contributed by atoms with van der Waals surface area (Å²) in [4.78, 5) is 28.6. The van der Waals surface area contributed by atoms with E-state index in [2.05, 4.69) is 23.5 Å². The van der Waals surface area contributed by atoms with Crippen molar-refractivity contribution >= 4 is 28.8 Å². The number of hydrogen-bond acceptors (Lipinski definition) is 4. The Bertz CT molecular complexity index is 1100. The van der Waals surface area contributed by atoms with E-state index < -0.39 is 6.04 Å². The van der Waals surface area contributed by atoms with Crippen molar-refractivity contribution in [2.24, 2.45) is 5.73 Å². The lowest BCUT2D eigenvalue weighted by Crippen LogP contribution is -2.46. The van der Waals surface area contributed by atoms with E-state index in [0.29, 0.717) is 19.4 Å². The predicted octanol–water partition coefficient (Wildman–Crippen LogP) is 3.88. The molecule has 1 aliphatic rings. The number of hydrogen-bond donors (Lipinski definition) is 2. The Morgan fingerprint density at radius 3 is 2.64 bits per heavy atom. The van der Waals surface area contributed by atoms with Crippen molar-refractivity contribution in [2.75, 3.05) is 11.4 Å². The second-order valence-electron chi connectivity index (χ2n) is 8.26. The zero-order valence-corrected chi connectivity index (χ0v) is 19.3. The molecule has 2 amide bonds. The Kier molecular flexibility index (Phi) is 7.70. The van der Waals surface area contributed by atoms with Gasteiger partial charge in [0, 0.05) is 35.6 Å². The fourth-order valence-corrected chi connectivity index (χ4v) is 4.83. The SMILES string of the molecule is N[C@@H](Cc1cccs1)C(=O)N[C@H](/C=C/C(=O)N1CCc2ccccc21)CCc1ccccc1. The summed E-state index contributed by atoms with van der Waals surface area (Å²) in [6, 6.07) is 21.1. The van der Waals surface area contributed by atoms with Gasteiger partial charge in [0.15, 0.2) is 0 Å². The molecule has 0 spiro atoms. The molecule has 2 heterocycles. The smallest absolute Gasteiger partial charge is 0.250 e. The molecular weight excluding hydrogens is 430 g/mol. The van der Waals surface area contributed by atoms with Crippen LogP contribution in [0.1, 0.15) is 22.4 Å². The lowest BCUT2D eigenvalue weighted by atomic mass is 10.0. The summed E-state index contributed by atoms with van der Waals surface area (Å²) in [5, 5.41) is 5.03. The Morgan fingerprint density at radius 1 is 1.06 bits per heavy atom. The monoisotopic (exact) mass is 459 g/mol. The van der Waals surface area contributed by atoms with Gasteiger partial charge in [0.2, 0.25) is 5.91 Å². The first-order valence-electron chi connectivity index (χ1n) is 11.3. The predicted molar refractivity (Wildman–Crippen MR) is 134 cm³/mol. The molecule has 1 aromatic heterocycles. The van der Waals surface area contributed by atoms with Crippen LogP contribution in [0, 0.1) is 0 Å². The molecule has 33 heavy (non-hydrogen) atoms. The number of thiophene rings is 1. The number of nitrogens with one attached hydrogen (secondary N) is 1. The maximum Gasteiger partial charge on any atom is 0.250 e. The van der Waals surface area contributed by atoms with Gasteiger partial charge in [-0.3, -0.25) is 9.59 Å². The normalized spacial score (nSPS) is 14.8. The average molecular weight is 460 g/mol. The number of fused-ring (bicyclic) bond motifs is 1. The van der Waals surface area contributed by atoms with Crippen molar-refractivity contribution in [3.05, 3.63) is 100 Å². The molecule has 0 saturated carbocycles. The number of carbonyl (C=O) groups excluding carboxylic acids is 2. The van der Waals surface area contributed by atoms with E-state index >= 15 is 0 Å². The van der Waals surface area contributed by atoms with Gasteiger partial charge in [-0.05, 0) is 47.9 Å². The molecule has 0 unspecified atom stereocenters. The van der Waals surface area contributed by atoms with Gasteiger partial charge in [0.1, 0.15) is 0 Å². The van der Waals surface area contributed by atoms with Gasteiger partial charge in [0.05, 0.1) is 6.04 Å². The van der Waals surface area contributed by atoms with Crippen LogP contribution in [0.2, 0.25) is 0 Å². The van der Waals surface area contributed by atoms with Gasteiger partial charge in [-0.15, -0.1) is 11.3 Å². The van der Waals surface area contributed by atoms with E-state index in [1.165, 1.54) is 11.1 Å². The third-order valence-electron chi connectivity index (χ3n) is 5.88. The summed E-state index contributed by atoms with van der Waals surface area (Å²) in [6.07, 6.45) is 6.23. The van der Waals surface area contributed by atoms with E-state index in [1.54, 1.807) is 22.3 Å². The average Bonchev–Trinajstić information content (AvgIpc) is 3.51. The highest BCUT2D eigenvalue weighted by Gasteiger charge is 2.23. The van der Waals surface area contributed by atoms with Gasteiger partial charge in [-0.2, -0.15) is 0 Å². The lowest BCUT2D eigenvalue weighted by molar-refractivity contribution is -0.122. The standard InChI is InChI=1S/C27H29N3O2S/c28-24(19-23-10-6-18-33-23)27(32)29-22(13-12-20-7-2-1-3-8-20)14-15-26(31)30-17-16-21-9-4-5-11-25(21)30/h1-11,14-15,18,22,24H,12-13,16-17,19,28H2,(H,29,32)/b15-14+/t22-,24-/m0/s1. The number of amides is 2. The molecule has 0 fully saturated rings. The fourth-order valence-electron chi connectivity index (χ4n) is 4.07. The van der Waals surface area contributed by atoms with Crippen molar-refractivity contribution in [1.82, 2.24) is 5.32 Å². The number of carbonyl (C=O) groups is 2. The molecule has 0 radical (unpaired) electrons. The number of rotatable bonds is 9. The molecule has 6 heteroatoms. The van der Waals surface area contributed by atoms with Crippen LogP contribution in [0.3, 0.4) is 0 Å². The minimum absolute atomic E-state index is 0.0678. The van der Waals surface area contributed by atoms with Crippen molar-refractivity contribution in [2.45, 2.75) is 37.8 Å². The van der Waals surface area contributed by atoms with Crippen LogP contribution in [-0.2, 0) is 28.9 Å². The molecule has 3 N–H and O–H groups in total. The number of aryl methyl sites for hydroxylation is 1. The van der Waals surface area contributed by atoms with E-state index in [-0.39, 0.29) is 17.9 Å². The topological polar surface area (TPSA) is 75.4 Å². The van der Waals surface area contributed by atoms with Crippen molar-refractivity contribution < 1.29 is 9.59 Å². The van der Waals surface area contributed by atoms with E-state index in [1.807, 2.05) is 60.0 Å². The molecule has 0 saturated heterocycles. The summed E-state index contributed by atoms with van der Waals surface area (Å²) in [6.45, 7) is 0.676. The highest BCUT2D eigenvalue weighted by Crippen LogP contribution is 2.27. The lowest BCUT2D eigenvalue weighted by Gasteiger charge is -2.19. The summed E-state index contributed by atoms with van der Waals surface area (Å²) in [5.41, 5.74) is 9.51. The Labute approximate surface area is 198 Å². The number of para-hydroxylation sites is 1. The summed E-state index contributed by atoms with van der Waals surface area (Å²) in [7, 11) is 0. The summed E-state index contributed by atoms with van der Waals surface area (Å²) in [5.74, 6) is -0.271. The minimum Gasteiger partial charge on any atom is -0.349 e. The first-order valence-corrected chi connectivity index (χ1v) is 12.2. The first kappa shape index (κ1) is 23.0. The van der Waals surface area contributed by atoms with Gasteiger partial charge < -0.3 is 16.0 Å². The molecule has 170 valence electrons. The Hall–Kier alpha value is -3.22. The van der Waals surface area contributed by atoms with E-state index in [9.17, 15) is 9.59 Å². The van der Waals surface area contributed by atoms with Gasteiger partial charge in [-0.25, -0.2) is 0 Å². The molecule has 2 atom stereocenters. The van der Waals surface area contributed by atoms with Crippen LogP contribution >= 0.6 is 11.3 Å². The Morgan fingerprint density at radius 2 is 1.85 bits per heavy atom. The molecule has 5 nitrogen and oxygen atoms in total. The second kappa shape index (κ2) is 11.1. The van der Waals surface area contributed by atoms with Gasteiger partial charge in [0.25, 0.3) is 5.91 Å². The second-order valence-corrected chi connectivity index (χ2v) is 9.29. The number of nitrogens with two attached hydrogens (primary N) is 1. The molecular formula is C27H29N3O2S. The summed E-state index contributed by atoms with van der Waals surface area (Å²) < 4.78 is 0. The van der Waals surface area contributed by atoms with Crippen LogP contribution in [0.25, 0.3) is 0 Å². The number of nitrogens with zero attached hydrogens (tertiary/aromatic N) is 1. The molecule has 0 bridgehead atoms. The van der Waals surface area contributed by atoms with Crippen LogP contribution in [0.5, 0.6) is 0 Å².